The molecule has 0 bridgehead atoms. The third-order valence-corrected chi connectivity index (χ3v) is 5.67. The first-order valence-electron chi connectivity index (χ1n) is 9.22. The maximum atomic E-state index is 12.9. The lowest BCUT2D eigenvalue weighted by atomic mass is 10.1. The summed E-state index contributed by atoms with van der Waals surface area (Å²) in [6, 6.07) is 13.9. The summed E-state index contributed by atoms with van der Waals surface area (Å²) in [5.41, 5.74) is 1.82. The molecule has 1 aliphatic carbocycles. The quantitative estimate of drug-likeness (QED) is 0.469. The van der Waals surface area contributed by atoms with Crippen molar-refractivity contribution in [2.75, 3.05) is 0 Å². The Morgan fingerprint density at radius 3 is 2.75 bits per heavy atom. The molecule has 28 heavy (non-hydrogen) atoms. The van der Waals surface area contributed by atoms with Gasteiger partial charge in [0.25, 0.3) is 0 Å². The predicted molar refractivity (Wildman–Crippen MR) is 110 cm³/mol. The van der Waals surface area contributed by atoms with Crippen LogP contribution >= 0.6 is 11.8 Å². The average molecular weight is 392 g/mol. The van der Waals surface area contributed by atoms with Gasteiger partial charge in [0.1, 0.15) is 5.25 Å². The van der Waals surface area contributed by atoms with Gasteiger partial charge in [-0.25, -0.2) is 0 Å². The van der Waals surface area contributed by atoms with Crippen LogP contribution in [0.25, 0.3) is 11.4 Å². The van der Waals surface area contributed by atoms with E-state index in [1.807, 2.05) is 47.0 Å². The van der Waals surface area contributed by atoms with E-state index in [2.05, 4.69) is 27.1 Å². The summed E-state index contributed by atoms with van der Waals surface area (Å²) in [5, 5.41) is 12.1. The van der Waals surface area contributed by atoms with Crippen LogP contribution in [0.2, 0.25) is 0 Å². The topological polar surface area (TPSA) is 72.7 Å². The Hall–Kier alpha value is -2.93. The molecule has 1 fully saturated rings. The van der Waals surface area contributed by atoms with Crippen molar-refractivity contribution >= 4 is 17.7 Å². The Morgan fingerprint density at radius 1 is 1.25 bits per heavy atom. The average Bonchev–Trinajstić information content (AvgIpc) is 3.46. The Bertz CT molecular complexity index is 953. The maximum Gasteiger partial charge on any atom is 0.238 e. The Morgan fingerprint density at radius 2 is 2.07 bits per heavy atom. The number of pyridine rings is 1. The first kappa shape index (κ1) is 18.4. The van der Waals surface area contributed by atoms with Gasteiger partial charge in [-0.15, -0.1) is 16.8 Å². The van der Waals surface area contributed by atoms with Crippen molar-refractivity contribution in [2.45, 2.75) is 35.8 Å². The summed E-state index contributed by atoms with van der Waals surface area (Å²) in [5.74, 6) is 0.722. The standard InChI is InChI=1S/C21H21N5OS/c1-2-13-26-19(16-9-6-12-22-14-16)24-25-21(26)28-18(15-7-4-3-5-8-15)20(27)23-17-10-11-17/h2-9,12,14,17-18H,1,10-11,13H2,(H,23,27)/t18-/m0/s1. The number of thioether (sulfide) groups is 1. The lowest BCUT2D eigenvalue weighted by Gasteiger charge is -2.17. The van der Waals surface area contributed by atoms with E-state index in [9.17, 15) is 4.79 Å². The highest BCUT2D eigenvalue weighted by Gasteiger charge is 2.30. The molecule has 3 aromatic rings. The molecule has 1 atom stereocenters. The molecular formula is C21H21N5OS. The van der Waals surface area contributed by atoms with Gasteiger partial charge >= 0.3 is 0 Å². The van der Waals surface area contributed by atoms with E-state index >= 15 is 0 Å². The fourth-order valence-electron chi connectivity index (χ4n) is 2.89. The molecule has 7 heteroatoms. The zero-order valence-electron chi connectivity index (χ0n) is 15.4. The number of rotatable bonds is 8. The number of allylic oxidation sites excluding steroid dienone is 1. The molecular weight excluding hydrogens is 370 g/mol. The third kappa shape index (κ3) is 4.14. The second kappa shape index (κ2) is 8.39. The van der Waals surface area contributed by atoms with Crippen LogP contribution in [0.1, 0.15) is 23.7 Å². The van der Waals surface area contributed by atoms with Crippen molar-refractivity contribution < 1.29 is 4.79 Å². The minimum Gasteiger partial charge on any atom is -0.352 e. The van der Waals surface area contributed by atoms with Crippen molar-refractivity contribution in [3.05, 3.63) is 73.1 Å². The summed E-state index contributed by atoms with van der Waals surface area (Å²) in [4.78, 5) is 17.1. The predicted octanol–water partition coefficient (Wildman–Crippen LogP) is 3.64. The zero-order chi connectivity index (χ0) is 19.3. The molecule has 0 aliphatic heterocycles. The van der Waals surface area contributed by atoms with E-state index < -0.39 is 5.25 Å². The number of amides is 1. The number of benzene rings is 1. The van der Waals surface area contributed by atoms with Crippen LogP contribution in [-0.2, 0) is 11.3 Å². The van der Waals surface area contributed by atoms with Gasteiger partial charge in [-0.3, -0.25) is 14.3 Å². The number of nitrogens with zero attached hydrogens (tertiary/aromatic N) is 4. The third-order valence-electron chi connectivity index (χ3n) is 4.44. The number of hydrogen-bond acceptors (Lipinski definition) is 5. The molecule has 1 aliphatic rings. The lowest BCUT2D eigenvalue weighted by molar-refractivity contribution is -0.120. The monoisotopic (exact) mass is 391 g/mol. The summed E-state index contributed by atoms with van der Waals surface area (Å²) in [6.45, 7) is 4.40. The van der Waals surface area contributed by atoms with Gasteiger partial charge in [-0.1, -0.05) is 48.2 Å². The first-order valence-corrected chi connectivity index (χ1v) is 10.1. The minimum atomic E-state index is -0.392. The van der Waals surface area contributed by atoms with Gasteiger partial charge < -0.3 is 5.32 Å². The molecule has 0 unspecified atom stereocenters. The van der Waals surface area contributed by atoms with Crippen molar-refractivity contribution in [3.8, 4) is 11.4 Å². The summed E-state index contributed by atoms with van der Waals surface area (Å²) >= 11 is 1.41. The maximum absolute atomic E-state index is 12.9. The molecule has 0 saturated heterocycles. The molecule has 2 aromatic heterocycles. The van der Waals surface area contributed by atoms with Crippen molar-refractivity contribution in [3.63, 3.8) is 0 Å². The molecule has 4 rings (SSSR count). The fourth-order valence-corrected chi connectivity index (χ4v) is 3.94. The minimum absolute atomic E-state index is 0.00906. The van der Waals surface area contributed by atoms with Gasteiger partial charge in [-0.2, -0.15) is 0 Å². The number of aromatic nitrogens is 4. The highest BCUT2D eigenvalue weighted by molar-refractivity contribution is 8.00. The van der Waals surface area contributed by atoms with Crippen LogP contribution in [0, 0.1) is 0 Å². The normalized spacial score (nSPS) is 14.4. The molecule has 0 radical (unpaired) electrons. The van der Waals surface area contributed by atoms with Crippen molar-refractivity contribution in [1.29, 1.82) is 0 Å². The van der Waals surface area contributed by atoms with Crippen LogP contribution in [0.5, 0.6) is 0 Å². The molecule has 2 heterocycles. The molecule has 1 N–H and O–H groups in total. The van der Waals surface area contributed by atoms with E-state index in [1.54, 1.807) is 18.5 Å². The summed E-state index contributed by atoms with van der Waals surface area (Å²) in [7, 11) is 0. The molecule has 1 saturated carbocycles. The van der Waals surface area contributed by atoms with Gasteiger partial charge in [0, 0.05) is 30.5 Å². The second-order valence-corrected chi connectivity index (χ2v) is 7.71. The van der Waals surface area contributed by atoms with Gasteiger partial charge in [0.2, 0.25) is 5.91 Å². The SMILES string of the molecule is C=CCn1c(S[C@H](C(=O)NC2CC2)c2ccccc2)nnc1-c1cccnc1. The van der Waals surface area contributed by atoms with Crippen molar-refractivity contribution in [2.24, 2.45) is 0 Å². The van der Waals surface area contributed by atoms with Crippen molar-refractivity contribution in [1.82, 2.24) is 25.1 Å². The smallest absolute Gasteiger partial charge is 0.238 e. The lowest BCUT2D eigenvalue weighted by Crippen LogP contribution is -2.30. The van der Waals surface area contributed by atoms with Crippen LogP contribution in [-0.4, -0.2) is 31.7 Å². The number of carbonyl (C=O) groups excluding carboxylic acids is 1. The number of carbonyl (C=O) groups is 1. The van der Waals surface area contributed by atoms with E-state index in [0.29, 0.717) is 23.6 Å². The molecule has 1 aromatic carbocycles. The summed E-state index contributed by atoms with van der Waals surface area (Å²) < 4.78 is 1.97. The van der Waals surface area contributed by atoms with E-state index in [-0.39, 0.29) is 5.91 Å². The number of nitrogens with one attached hydrogen (secondary N) is 1. The van der Waals surface area contributed by atoms with Gasteiger partial charge in [0.15, 0.2) is 11.0 Å². The molecule has 6 nitrogen and oxygen atoms in total. The van der Waals surface area contributed by atoms with E-state index in [0.717, 1.165) is 24.0 Å². The van der Waals surface area contributed by atoms with E-state index in [1.165, 1.54) is 11.8 Å². The fraction of sp³-hybridized carbons (Fsp3) is 0.238. The number of hydrogen-bond donors (Lipinski definition) is 1. The Kier molecular flexibility index (Phi) is 5.53. The largest absolute Gasteiger partial charge is 0.352 e. The van der Waals surface area contributed by atoms with Crippen LogP contribution in [0.15, 0.2) is 72.7 Å². The second-order valence-electron chi connectivity index (χ2n) is 6.64. The van der Waals surface area contributed by atoms with Gasteiger partial charge in [-0.05, 0) is 30.5 Å². The zero-order valence-corrected chi connectivity index (χ0v) is 16.2. The first-order chi connectivity index (χ1) is 13.8. The highest BCUT2D eigenvalue weighted by atomic mass is 32.2. The van der Waals surface area contributed by atoms with E-state index in [4.69, 9.17) is 0 Å². The highest BCUT2D eigenvalue weighted by Crippen LogP contribution is 2.36. The van der Waals surface area contributed by atoms with Crippen LogP contribution in [0.3, 0.4) is 0 Å². The Balaban J connectivity index is 1.67. The molecule has 142 valence electrons. The van der Waals surface area contributed by atoms with Gasteiger partial charge in [0.05, 0.1) is 0 Å². The summed E-state index contributed by atoms with van der Waals surface area (Å²) in [6.07, 6.45) is 7.38. The Labute approximate surface area is 168 Å². The van der Waals surface area contributed by atoms with Crippen LogP contribution < -0.4 is 5.32 Å². The van der Waals surface area contributed by atoms with Crippen LogP contribution in [0.4, 0.5) is 0 Å². The molecule has 1 amide bonds. The molecule has 0 spiro atoms.